The van der Waals surface area contributed by atoms with E-state index in [-0.39, 0.29) is 17.5 Å². The second kappa shape index (κ2) is 10.2. The number of rotatable bonds is 5. The average molecular weight is 496 g/mol. The minimum absolute atomic E-state index is 0.0187. The van der Waals surface area contributed by atoms with Crippen LogP contribution in [0, 0.1) is 11.5 Å². The standard InChI is InChI=1S/C22H27F6NO3Si/c1-20(2,3)33(5,6)9-7-8-17(19(31)32-4)29-18(30)12-14-10-15(21(23,24)25)13-16(11-14)22(26,27)28/h10-11,13,17H,8,12H2,1-6H3,(H,29,30)/t17-/m0/s1. The van der Waals surface area contributed by atoms with Gasteiger partial charge in [0.1, 0.15) is 14.1 Å². The molecule has 0 bridgehead atoms. The number of carbonyl (C=O) groups is 2. The molecule has 1 aromatic rings. The zero-order valence-electron chi connectivity index (χ0n) is 19.2. The summed E-state index contributed by atoms with van der Waals surface area (Å²) in [7, 11) is -0.917. The Morgan fingerprint density at radius 3 is 1.88 bits per heavy atom. The van der Waals surface area contributed by atoms with Gasteiger partial charge in [-0.2, -0.15) is 26.3 Å². The predicted octanol–water partition coefficient (Wildman–Crippen LogP) is 5.37. The number of halogens is 6. The first-order valence-electron chi connectivity index (χ1n) is 9.93. The number of ether oxygens (including phenoxy) is 1. The van der Waals surface area contributed by atoms with E-state index in [0.29, 0.717) is 12.1 Å². The molecule has 0 unspecified atom stereocenters. The van der Waals surface area contributed by atoms with E-state index in [1.165, 1.54) is 0 Å². The van der Waals surface area contributed by atoms with Gasteiger partial charge in [-0.15, -0.1) is 11.5 Å². The highest BCUT2D eigenvalue weighted by Crippen LogP contribution is 2.37. The molecule has 0 aliphatic heterocycles. The maximum Gasteiger partial charge on any atom is 0.416 e. The van der Waals surface area contributed by atoms with E-state index in [1.54, 1.807) is 0 Å². The summed E-state index contributed by atoms with van der Waals surface area (Å²) < 4.78 is 82.7. The molecule has 0 aliphatic carbocycles. The normalized spacial score (nSPS) is 13.6. The number of hydrogen-bond acceptors (Lipinski definition) is 3. The highest BCUT2D eigenvalue weighted by atomic mass is 28.3. The van der Waals surface area contributed by atoms with Crippen molar-refractivity contribution in [2.45, 2.75) is 70.1 Å². The second-order valence-electron chi connectivity index (χ2n) is 9.12. The Bertz CT molecular complexity index is 904. The van der Waals surface area contributed by atoms with Gasteiger partial charge in [0.15, 0.2) is 0 Å². The van der Waals surface area contributed by atoms with Crippen molar-refractivity contribution in [1.82, 2.24) is 5.32 Å². The first kappa shape index (κ1) is 28.5. The van der Waals surface area contributed by atoms with Crippen molar-refractivity contribution in [3.8, 4) is 11.5 Å². The van der Waals surface area contributed by atoms with Crippen molar-refractivity contribution < 1.29 is 40.7 Å². The lowest BCUT2D eigenvalue weighted by molar-refractivity contribution is -0.144. The van der Waals surface area contributed by atoms with Crippen molar-refractivity contribution >= 4 is 20.0 Å². The van der Waals surface area contributed by atoms with Gasteiger partial charge in [-0.25, -0.2) is 4.79 Å². The zero-order valence-corrected chi connectivity index (χ0v) is 20.2. The topological polar surface area (TPSA) is 55.4 Å². The van der Waals surface area contributed by atoms with E-state index in [1.807, 2.05) is 33.9 Å². The lowest BCUT2D eigenvalue weighted by Gasteiger charge is -2.31. The number of hydrogen-bond donors (Lipinski definition) is 1. The average Bonchev–Trinajstić information content (AvgIpc) is 2.63. The van der Waals surface area contributed by atoms with Crippen LogP contribution in [0.4, 0.5) is 26.3 Å². The maximum absolute atomic E-state index is 13.0. The third-order valence-electron chi connectivity index (χ3n) is 5.42. The van der Waals surface area contributed by atoms with Gasteiger partial charge in [0, 0.05) is 6.42 Å². The first-order valence-corrected chi connectivity index (χ1v) is 12.9. The summed E-state index contributed by atoms with van der Waals surface area (Å²) in [4.78, 5) is 24.4. The van der Waals surface area contributed by atoms with Crippen molar-refractivity contribution in [3.63, 3.8) is 0 Å². The van der Waals surface area contributed by atoms with Crippen LogP contribution in [0.1, 0.15) is 43.9 Å². The van der Waals surface area contributed by atoms with Crippen LogP contribution in [0.5, 0.6) is 0 Å². The van der Waals surface area contributed by atoms with Gasteiger partial charge >= 0.3 is 18.3 Å². The summed E-state index contributed by atoms with van der Waals surface area (Å²) >= 11 is 0. The van der Waals surface area contributed by atoms with Gasteiger partial charge < -0.3 is 10.1 Å². The van der Waals surface area contributed by atoms with Crippen LogP contribution in [0.15, 0.2) is 18.2 Å². The predicted molar refractivity (Wildman–Crippen MR) is 114 cm³/mol. The minimum atomic E-state index is -5.03. The molecule has 1 N–H and O–H groups in total. The van der Waals surface area contributed by atoms with Gasteiger partial charge in [0.2, 0.25) is 5.91 Å². The van der Waals surface area contributed by atoms with Gasteiger partial charge in [-0.3, -0.25) is 4.79 Å². The molecule has 0 fully saturated rings. The molecule has 1 aromatic carbocycles. The summed E-state index contributed by atoms with van der Waals surface area (Å²) in [5.41, 5.74) is -0.382. The fourth-order valence-electron chi connectivity index (χ4n) is 2.45. The molecule has 0 spiro atoms. The van der Waals surface area contributed by atoms with Crippen LogP contribution in [0.25, 0.3) is 0 Å². The molecule has 11 heteroatoms. The third kappa shape index (κ3) is 8.42. The molecular weight excluding hydrogens is 468 g/mol. The van der Waals surface area contributed by atoms with E-state index >= 15 is 0 Å². The van der Waals surface area contributed by atoms with Crippen molar-refractivity contribution in [2.75, 3.05) is 7.11 Å². The molecule has 0 aliphatic rings. The number of esters is 1. The van der Waals surface area contributed by atoms with Crippen LogP contribution in [-0.4, -0.2) is 33.1 Å². The quantitative estimate of drug-likeness (QED) is 0.259. The SMILES string of the molecule is COC(=O)[C@H](CC#C[Si](C)(C)C(C)(C)C)NC(=O)Cc1cc(C(F)(F)F)cc(C(F)(F)F)c1. The Kier molecular flexibility index (Phi) is 8.82. The van der Waals surface area contributed by atoms with E-state index in [0.717, 1.165) is 7.11 Å². The summed E-state index contributed by atoms with van der Waals surface area (Å²) in [6.07, 6.45) is -11.0. The Hall–Kier alpha value is -2.48. The van der Waals surface area contributed by atoms with E-state index in [4.69, 9.17) is 0 Å². The summed E-state index contributed by atoms with van der Waals surface area (Å²) in [5, 5.41) is 2.24. The molecule has 4 nitrogen and oxygen atoms in total. The molecule has 1 amide bonds. The molecule has 0 radical (unpaired) electrons. The van der Waals surface area contributed by atoms with Crippen molar-refractivity contribution in [3.05, 3.63) is 34.9 Å². The summed E-state index contributed by atoms with van der Waals surface area (Å²) in [5.74, 6) is 1.11. The number of methoxy groups -OCH3 is 1. The van der Waals surface area contributed by atoms with Crippen LogP contribution in [0.2, 0.25) is 18.1 Å². The van der Waals surface area contributed by atoms with Crippen LogP contribution in [-0.2, 0) is 33.1 Å². The molecule has 0 aromatic heterocycles. The maximum atomic E-state index is 13.0. The highest BCUT2D eigenvalue weighted by Gasteiger charge is 2.37. The summed E-state index contributed by atoms with van der Waals surface area (Å²) in [6.45, 7) is 10.2. The molecule has 0 saturated carbocycles. The number of amides is 1. The molecule has 1 atom stereocenters. The van der Waals surface area contributed by atoms with E-state index in [2.05, 4.69) is 21.5 Å². The van der Waals surface area contributed by atoms with Crippen molar-refractivity contribution in [1.29, 1.82) is 0 Å². The Balaban J connectivity index is 3.11. The largest absolute Gasteiger partial charge is 0.467 e. The number of benzene rings is 1. The highest BCUT2D eigenvalue weighted by molar-refractivity contribution is 6.87. The van der Waals surface area contributed by atoms with Crippen LogP contribution < -0.4 is 5.32 Å². The first-order chi connectivity index (χ1) is 14.8. The van der Waals surface area contributed by atoms with Gasteiger partial charge in [0.25, 0.3) is 0 Å². The fourth-order valence-corrected chi connectivity index (χ4v) is 3.37. The fraction of sp³-hybridized carbons (Fsp3) is 0.545. The van der Waals surface area contributed by atoms with Crippen molar-refractivity contribution in [2.24, 2.45) is 0 Å². The Morgan fingerprint density at radius 1 is 1.00 bits per heavy atom. The molecule has 1 rings (SSSR count). The molecular formula is C22H27F6NO3Si. The number of carbonyl (C=O) groups excluding carboxylic acids is 2. The van der Waals surface area contributed by atoms with Gasteiger partial charge in [-0.1, -0.05) is 33.9 Å². The van der Waals surface area contributed by atoms with Crippen LogP contribution >= 0.6 is 0 Å². The zero-order chi connectivity index (χ0) is 25.8. The molecule has 33 heavy (non-hydrogen) atoms. The third-order valence-corrected chi connectivity index (χ3v) is 9.97. The van der Waals surface area contributed by atoms with Gasteiger partial charge in [-0.05, 0) is 28.8 Å². The Morgan fingerprint density at radius 2 is 1.48 bits per heavy atom. The monoisotopic (exact) mass is 495 g/mol. The lowest BCUT2D eigenvalue weighted by atomic mass is 10.0. The molecule has 0 saturated heterocycles. The Labute approximate surface area is 190 Å². The van der Waals surface area contributed by atoms with Crippen LogP contribution in [0.3, 0.4) is 0 Å². The number of alkyl halides is 6. The molecule has 0 heterocycles. The van der Waals surface area contributed by atoms with Gasteiger partial charge in [0.05, 0.1) is 24.7 Å². The molecule has 184 valence electrons. The van der Waals surface area contributed by atoms with E-state index in [9.17, 15) is 35.9 Å². The summed E-state index contributed by atoms with van der Waals surface area (Å²) in [6, 6.07) is -0.291. The minimum Gasteiger partial charge on any atom is -0.467 e. The lowest BCUT2D eigenvalue weighted by Crippen LogP contribution is -2.42. The smallest absolute Gasteiger partial charge is 0.416 e. The van der Waals surface area contributed by atoms with E-state index < -0.39 is 61.5 Å². The second-order valence-corrected chi connectivity index (χ2v) is 14.1. The number of nitrogens with one attached hydrogen (secondary N) is 1.